The molecule has 0 saturated heterocycles. The van der Waals surface area contributed by atoms with Crippen LogP contribution in [0.2, 0.25) is 0 Å². The van der Waals surface area contributed by atoms with Crippen LogP contribution in [-0.4, -0.2) is 22.0 Å². The SMILES string of the molecule is Cc1ccnc(NC(=O)[C@H]2CCCC[C@@H]2C(=O)O)c1. The number of nitrogens with one attached hydrogen (secondary N) is 1. The lowest BCUT2D eigenvalue weighted by molar-refractivity contribution is -0.147. The average molecular weight is 262 g/mol. The Hall–Kier alpha value is -1.91. The molecule has 2 N–H and O–H groups in total. The highest BCUT2D eigenvalue weighted by Crippen LogP contribution is 2.31. The van der Waals surface area contributed by atoms with Crippen LogP contribution in [0.4, 0.5) is 5.82 Å². The van der Waals surface area contributed by atoms with Gasteiger partial charge in [0.25, 0.3) is 0 Å². The fraction of sp³-hybridized carbons (Fsp3) is 0.500. The van der Waals surface area contributed by atoms with Gasteiger partial charge in [0.15, 0.2) is 0 Å². The maximum absolute atomic E-state index is 12.2. The zero-order valence-corrected chi connectivity index (χ0v) is 10.9. The van der Waals surface area contributed by atoms with Gasteiger partial charge in [0.1, 0.15) is 5.82 Å². The third-order valence-corrected chi connectivity index (χ3v) is 3.59. The van der Waals surface area contributed by atoms with Crippen LogP contribution in [0.15, 0.2) is 18.3 Å². The van der Waals surface area contributed by atoms with Gasteiger partial charge in [-0.3, -0.25) is 9.59 Å². The molecule has 0 aliphatic heterocycles. The van der Waals surface area contributed by atoms with Crippen LogP contribution < -0.4 is 5.32 Å². The van der Waals surface area contributed by atoms with Gasteiger partial charge in [0.2, 0.25) is 5.91 Å². The first kappa shape index (κ1) is 13.5. The molecule has 2 atom stereocenters. The Balaban J connectivity index is 2.07. The predicted octanol–water partition coefficient (Wildman–Crippen LogP) is 2.22. The van der Waals surface area contributed by atoms with E-state index in [1.807, 2.05) is 13.0 Å². The van der Waals surface area contributed by atoms with Crippen molar-refractivity contribution in [3.05, 3.63) is 23.9 Å². The van der Waals surface area contributed by atoms with E-state index >= 15 is 0 Å². The van der Waals surface area contributed by atoms with Gasteiger partial charge in [-0.15, -0.1) is 0 Å². The summed E-state index contributed by atoms with van der Waals surface area (Å²) in [5.74, 6) is -1.64. The second-order valence-corrected chi connectivity index (χ2v) is 5.04. The summed E-state index contributed by atoms with van der Waals surface area (Å²) in [5.41, 5.74) is 1.00. The zero-order chi connectivity index (χ0) is 13.8. The Bertz CT molecular complexity index is 487. The smallest absolute Gasteiger partial charge is 0.307 e. The minimum Gasteiger partial charge on any atom is -0.481 e. The maximum atomic E-state index is 12.2. The largest absolute Gasteiger partial charge is 0.481 e. The number of amides is 1. The molecule has 0 unspecified atom stereocenters. The molecule has 0 spiro atoms. The van der Waals surface area contributed by atoms with Crippen LogP contribution in [0, 0.1) is 18.8 Å². The van der Waals surface area contributed by atoms with Crippen LogP contribution >= 0.6 is 0 Å². The molecule has 1 aromatic rings. The van der Waals surface area contributed by atoms with Gasteiger partial charge in [0, 0.05) is 6.20 Å². The monoisotopic (exact) mass is 262 g/mol. The molecule has 1 aliphatic carbocycles. The zero-order valence-electron chi connectivity index (χ0n) is 10.9. The van der Waals surface area contributed by atoms with Crippen molar-refractivity contribution in [2.75, 3.05) is 5.32 Å². The molecule has 2 rings (SSSR count). The van der Waals surface area contributed by atoms with Crippen molar-refractivity contribution < 1.29 is 14.7 Å². The molecule has 0 aromatic carbocycles. The van der Waals surface area contributed by atoms with Crippen LogP contribution in [0.1, 0.15) is 31.2 Å². The summed E-state index contributed by atoms with van der Waals surface area (Å²) in [6.45, 7) is 1.91. The number of aryl methyl sites for hydroxylation is 1. The third kappa shape index (κ3) is 3.30. The Kier molecular flexibility index (Phi) is 4.14. The van der Waals surface area contributed by atoms with Gasteiger partial charge < -0.3 is 10.4 Å². The molecule has 1 aromatic heterocycles. The molecular formula is C14H18N2O3. The summed E-state index contributed by atoms with van der Waals surface area (Å²) in [7, 11) is 0. The van der Waals surface area contributed by atoms with E-state index in [1.54, 1.807) is 12.3 Å². The third-order valence-electron chi connectivity index (χ3n) is 3.59. The summed E-state index contributed by atoms with van der Waals surface area (Å²) in [6, 6.07) is 3.62. The Morgan fingerprint density at radius 3 is 2.63 bits per heavy atom. The quantitative estimate of drug-likeness (QED) is 0.875. The van der Waals surface area contributed by atoms with Crippen LogP contribution in [0.25, 0.3) is 0 Å². The van der Waals surface area contributed by atoms with E-state index in [9.17, 15) is 14.7 Å². The first-order valence-electron chi connectivity index (χ1n) is 6.54. The van der Waals surface area contributed by atoms with Crippen molar-refractivity contribution in [2.24, 2.45) is 11.8 Å². The Morgan fingerprint density at radius 1 is 1.32 bits per heavy atom. The highest BCUT2D eigenvalue weighted by atomic mass is 16.4. The fourth-order valence-electron chi connectivity index (χ4n) is 2.56. The van der Waals surface area contributed by atoms with Crippen molar-refractivity contribution in [3.8, 4) is 0 Å². The molecule has 5 heteroatoms. The van der Waals surface area contributed by atoms with Crippen molar-refractivity contribution in [2.45, 2.75) is 32.6 Å². The van der Waals surface area contributed by atoms with E-state index in [0.717, 1.165) is 18.4 Å². The number of aromatic nitrogens is 1. The summed E-state index contributed by atoms with van der Waals surface area (Å²) >= 11 is 0. The van der Waals surface area contributed by atoms with Crippen LogP contribution in [0.3, 0.4) is 0 Å². The first-order valence-corrected chi connectivity index (χ1v) is 6.54. The van der Waals surface area contributed by atoms with Crippen LogP contribution in [-0.2, 0) is 9.59 Å². The van der Waals surface area contributed by atoms with Gasteiger partial charge in [-0.1, -0.05) is 12.8 Å². The molecule has 1 aliphatic rings. The average Bonchev–Trinajstić information content (AvgIpc) is 2.38. The number of carboxylic acid groups (broad SMARTS) is 1. The Morgan fingerprint density at radius 2 is 2.00 bits per heavy atom. The standard InChI is InChI=1S/C14H18N2O3/c1-9-6-7-15-12(8-9)16-13(17)10-4-2-3-5-11(10)14(18)19/h6-8,10-11H,2-5H2,1H3,(H,18,19)(H,15,16,17)/t10-,11-/m0/s1. The molecule has 1 saturated carbocycles. The second-order valence-electron chi connectivity index (χ2n) is 5.04. The maximum Gasteiger partial charge on any atom is 0.307 e. The molecule has 0 bridgehead atoms. The number of anilines is 1. The number of carbonyl (C=O) groups is 2. The van der Waals surface area contributed by atoms with Gasteiger partial charge in [0.05, 0.1) is 11.8 Å². The molecule has 1 amide bonds. The number of rotatable bonds is 3. The normalized spacial score (nSPS) is 22.8. The van der Waals surface area contributed by atoms with E-state index in [1.165, 1.54) is 0 Å². The summed E-state index contributed by atoms with van der Waals surface area (Å²) in [5, 5.41) is 11.9. The lowest BCUT2D eigenvalue weighted by Crippen LogP contribution is -2.36. The molecular weight excluding hydrogens is 244 g/mol. The first-order chi connectivity index (χ1) is 9.08. The minimum atomic E-state index is -0.878. The fourth-order valence-corrected chi connectivity index (χ4v) is 2.56. The molecule has 1 fully saturated rings. The van der Waals surface area contributed by atoms with Crippen molar-refractivity contribution in [1.29, 1.82) is 0 Å². The topological polar surface area (TPSA) is 79.3 Å². The van der Waals surface area contributed by atoms with Gasteiger partial charge in [-0.05, 0) is 37.5 Å². The number of carbonyl (C=O) groups excluding carboxylic acids is 1. The number of nitrogens with zero attached hydrogens (tertiary/aromatic N) is 1. The van der Waals surface area contributed by atoms with E-state index in [-0.39, 0.29) is 5.91 Å². The van der Waals surface area contributed by atoms with E-state index < -0.39 is 17.8 Å². The molecule has 5 nitrogen and oxygen atoms in total. The van der Waals surface area contributed by atoms with Gasteiger partial charge >= 0.3 is 5.97 Å². The molecule has 19 heavy (non-hydrogen) atoms. The van der Waals surface area contributed by atoms with Crippen molar-refractivity contribution >= 4 is 17.7 Å². The number of carboxylic acids is 1. The molecule has 0 radical (unpaired) electrons. The van der Waals surface area contributed by atoms with Gasteiger partial charge in [-0.25, -0.2) is 4.98 Å². The summed E-state index contributed by atoms with van der Waals surface area (Å²) in [4.78, 5) is 27.4. The van der Waals surface area contributed by atoms with Crippen molar-refractivity contribution in [1.82, 2.24) is 4.98 Å². The molecule has 102 valence electrons. The van der Waals surface area contributed by atoms with E-state index in [2.05, 4.69) is 10.3 Å². The second kappa shape index (κ2) is 5.82. The number of aliphatic carboxylic acids is 1. The summed E-state index contributed by atoms with van der Waals surface area (Å²) in [6.07, 6.45) is 4.62. The number of pyridine rings is 1. The highest BCUT2D eigenvalue weighted by Gasteiger charge is 2.35. The predicted molar refractivity (Wildman–Crippen MR) is 70.7 cm³/mol. The number of hydrogen-bond donors (Lipinski definition) is 2. The van der Waals surface area contributed by atoms with E-state index in [4.69, 9.17) is 0 Å². The highest BCUT2D eigenvalue weighted by molar-refractivity contribution is 5.94. The lowest BCUT2D eigenvalue weighted by atomic mass is 9.79. The molecule has 1 heterocycles. The van der Waals surface area contributed by atoms with E-state index in [0.29, 0.717) is 18.7 Å². The number of hydrogen-bond acceptors (Lipinski definition) is 3. The minimum absolute atomic E-state index is 0.231. The summed E-state index contributed by atoms with van der Waals surface area (Å²) < 4.78 is 0. The van der Waals surface area contributed by atoms with Crippen LogP contribution in [0.5, 0.6) is 0 Å². The van der Waals surface area contributed by atoms with Gasteiger partial charge in [-0.2, -0.15) is 0 Å². The van der Waals surface area contributed by atoms with Crippen molar-refractivity contribution in [3.63, 3.8) is 0 Å². The lowest BCUT2D eigenvalue weighted by Gasteiger charge is -2.27. The Labute approximate surface area is 112 Å².